The quantitative estimate of drug-likeness (QED) is 0.835. The summed E-state index contributed by atoms with van der Waals surface area (Å²) in [5.41, 5.74) is 1.20. The molecule has 2 N–H and O–H groups in total. The summed E-state index contributed by atoms with van der Waals surface area (Å²) >= 11 is 5.39. The molecule has 2 rings (SSSR count). The Morgan fingerprint density at radius 2 is 1.95 bits per heavy atom. The third-order valence-corrected chi connectivity index (χ3v) is 4.30. The second-order valence-electron chi connectivity index (χ2n) is 5.54. The highest BCUT2D eigenvalue weighted by atomic mass is 32.1. The molecule has 1 aromatic carbocycles. The minimum absolute atomic E-state index is 0.527. The largest absolute Gasteiger partial charge is 0.497 e. The van der Waals surface area contributed by atoms with Gasteiger partial charge in [0.15, 0.2) is 5.11 Å². The second-order valence-corrected chi connectivity index (χ2v) is 5.95. The van der Waals surface area contributed by atoms with E-state index in [0.717, 1.165) is 17.4 Å². The molecule has 20 heavy (non-hydrogen) atoms. The van der Waals surface area contributed by atoms with Gasteiger partial charge in [0.05, 0.1) is 7.11 Å². The van der Waals surface area contributed by atoms with E-state index in [9.17, 15) is 0 Å². The maximum absolute atomic E-state index is 5.39. The van der Waals surface area contributed by atoms with Crippen LogP contribution >= 0.6 is 12.2 Å². The minimum atomic E-state index is 0.527. The molecule has 1 saturated carbocycles. The SMILES string of the molecule is COc1ccc(CNC(=S)N[C@H]2CCCC[C@H]2C)cc1. The molecule has 0 amide bonds. The number of rotatable bonds is 4. The van der Waals surface area contributed by atoms with E-state index in [1.54, 1.807) is 7.11 Å². The Morgan fingerprint density at radius 1 is 1.25 bits per heavy atom. The Balaban J connectivity index is 1.76. The molecule has 3 nitrogen and oxygen atoms in total. The van der Waals surface area contributed by atoms with Crippen LogP contribution < -0.4 is 15.4 Å². The van der Waals surface area contributed by atoms with Crippen LogP contribution in [0.3, 0.4) is 0 Å². The van der Waals surface area contributed by atoms with E-state index in [1.807, 2.05) is 12.1 Å². The first-order valence-corrected chi connectivity index (χ1v) is 7.77. The molecule has 0 unspecified atom stereocenters. The fourth-order valence-corrected chi connectivity index (χ4v) is 2.90. The van der Waals surface area contributed by atoms with Crippen LogP contribution in [0.5, 0.6) is 5.75 Å². The lowest BCUT2D eigenvalue weighted by Crippen LogP contribution is -2.45. The molecule has 0 aromatic heterocycles. The molecule has 1 aliphatic carbocycles. The zero-order valence-corrected chi connectivity index (χ0v) is 13.1. The molecule has 2 atom stereocenters. The predicted octanol–water partition coefficient (Wildman–Crippen LogP) is 3.24. The van der Waals surface area contributed by atoms with Gasteiger partial charge in [-0.05, 0) is 48.7 Å². The molecule has 0 heterocycles. The van der Waals surface area contributed by atoms with Crippen molar-refractivity contribution < 1.29 is 4.74 Å². The van der Waals surface area contributed by atoms with Crippen LogP contribution in [0.2, 0.25) is 0 Å². The van der Waals surface area contributed by atoms with Gasteiger partial charge in [-0.3, -0.25) is 0 Å². The summed E-state index contributed by atoms with van der Waals surface area (Å²) in [6.45, 7) is 3.06. The third-order valence-electron chi connectivity index (χ3n) is 4.04. The lowest BCUT2D eigenvalue weighted by molar-refractivity contribution is 0.308. The van der Waals surface area contributed by atoms with Crippen molar-refractivity contribution in [3.8, 4) is 5.75 Å². The Hall–Kier alpha value is -1.29. The average molecular weight is 292 g/mol. The van der Waals surface area contributed by atoms with Crippen LogP contribution in [-0.2, 0) is 6.54 Å². The molecule has 0 spiro atoms. The number of hydrogen-bond acceptors (Lipinski definition) is 2. The highest BCUT2D eigenvalue weighted by molar-refractivity contribution is 7.80. The summed E-state index contributed by atoms with van der Waals surface area (Å²) < 4.78 is 5.15. The number of hydrogen-bond donors (Lipinski definition) is 2. The van der Waals surface area contributed by atoms with Gasteiger partial charge >= 0.3 is 0 Å². The van der Waals surface area contributed by atoms with Gasteiger partial charge in [0.1, 0.15) is 5.75 Å². The maximum Gasteiger partial charge on any atom is 0.166 e. The van der Waals surface area contributed by atoms with E-state index in [4.69, 9.17) is 17.0 Å². The summed E-state index contributed by atoms with van der Waals surface area (Å²) in [5.74, 6) is 1.59. The number of ether oxygens (including phenoxy) is 1. The third kappa shape index (κ3) is 4.37. The van der Waals surface area contributed by atoms with Crippen LogP contribution in [0.15, 0.2) is 24.3 Å². The van der Waals surface area contributed by atoms with E-state index in [1.165, 1.54) is 31.2 Å². The van der Waals surface area contributed by atoms with Crippen molar-refractivity contribution >= 4 is 17.3 Å². The van der Waals surface area contributed by atoms with Gasteiger partial charge in [0.2, 0.25) is 0 Å². The average Bonchev–Trinajstić information content (AvgIpc) is 2.48. The topological polar surface area (TPSA) is 33.3 Å². The minimum Gasteiger partial charge on any atom is -0.497 e. The van der Waals surface area contributed by atoms with Gasteiger partial charge in [0.25, 0.3) is 0 Å². The van der Waals surface area contributed by atoms with E-state index >= 15 is 0 Å². The Bertz CT molecular complexity index is 433. The maximum atomic E-state index is 5.39. The predicted molar refractivity (Wildman–Crippen MR) is 87.0 cm³/mol. The molecule has 1 fully saturated rings. The van der Waals surface area contributed by atoms with Crippen molar-refractivity contribution in [3.63, 3.8) is 0 Å². The molecule has 1 aliphatic rings. The lowest BCUT2D eigenvalue weighted by Gasteiger charge is -2.30. The first kappa shape index (κ1) is 15.1. The first-order chi connectivity index (χ1) is 9.69. The van der Waals surface area contributed by atoms with Crippen molar-refractivity contribution in [2.24, 2.45) is 5.92 Å². The molecule has 110 valence electrons. The van der Waals surface area contributed by atoms with Gasteiger partial charge in [-0.25, -0.2) is 0 Å². The van der Waals surface area contributed by atoms with Crippen molar-refractivity contribution in [1.82, 2.24) is 10.6 Å². The fourth-order valence-electron chi connectivity index (χ4n) is 2.68. The van der Waals surface area contributed by atoms with E-state index in [2.05, 4.69) is 29.7 Å². The van der Waals surface area contributed by atoms with Crippen LogP contribution in [0.1, 0.15) is 38.2 Å². The van der Waals surface area contributed by atoms with Crippen LogP contribution in [0.4, 0.5) is 0 Å². The smallest absolute Gasteiger partial charge is 0.166 e. The van der Waals surface area contributed by atoms with Crippen molar-refractivity contribution in [2.75, 3.05) is 7.11 Å². The second kappa shape index (κ2) is 7.48. The highest BCUT2D eigenvalue weighted by Crippen LogP contribution is 2.23. The molecule has 0 bridgehead atoms. The highest BCUT2D eigenvalue weighted by Gasteiger charge is 2.21. The number of benzene rings is 1. The molecule has 0 saturated heterocycles. The molecule has 1 aromatic rings. The summed E-state index contributed by atoms with van der Waals surface area (Å²) in [6, 6.07) is 8.57. The van der Waals surface area contributed by atoms with Gasteiger partial charge in [-0.15, -0.1) is 0 Å². The van der Waals surface area contributed by atoms with Crippen LogP contribution in [-0.4, -0.2) is 18.3 Å². The van der Waals surface area contributed by atoms with Crippen molar-refractivity contribution in [3.05, 3.63) is 29.8 Å². The Kier molecular flexibility index (Phi) is 5.65. The number of nitrogens with one attached hydrogen (secondary N) is 2. The van der Waals surface area contributed by atoms with E-state index in [-0.39, 0.29) is 0 Å². The van der Waals surface area contributed by atoms with Gasteiger partial charge in [-0.2, -0.15) is 0 Å². The summed E-state index contributed by atoms with van der Waals surface area (Å²) in [4.78, 5) is 0. The molecule has 0 aliphatic heterocycles. The normalized spacial score (nSPS) is 22.1. The van der Waals surface area contributed by atoms with Gasteiger partial charge in [-0.1, -0.05) is 31.9 Å². The summed E-state index contributed by atoms with van der Waals surface area (Å²) in [5, 5.41) is 7.50. The lowest BCUT2D eigenvalue weighted by atomic mass is 9.86. The molecular formula is C16H24N2OS. The van der Waals surface area contributed by atoms with E-state index < -0.39 is 0 Å². The van der Waals surface area contributed by atoms with Gasteiger partial charge in [0, 0.05) is 12.6 Å². The summed E-state index contributed by atoms with van der Waals surface area (Å²) in [6.07, 6.45) is 5.19. The zero-order chi connectivity index (χ0) is 14.4. The zero-order valence-electron chi connectivity index (χ0n) is 12.3. The Labute approximate surface area is 127 Å². The molecule has 4 heteroatoms. The first-order valence-electron chi connectivity index (χ1n) is 7.36. The Morgan fingerprint density at radius 3 is 2.60 bits per heavy atom. The van der Waals surface area contributed by atoms with Crippen molar-refractivity contribution in [1.29, 1.82) is 0 Å². The summed E-state index contributed by atoms with van der Waals surface area (Å²) in [7, 11) is 1.68. The monoisotopic (exact) mass is 292 g/mol. The van der Waals surface area contributed by atoms with E-state index in [0.29, 0.717) is 12.0 Å². The van der Waals surface area contributed by atoms with Gasteiger partial charge < -0.3 is 15.4 Å². The molecule has 0 radical (unpaired) electrons. The fraction of sp³-hybridized carbons (Fsp3) is 0.562. The van der Waals surface area contributed by atoms with Crippen molar-refractivity contribution in [2.45, 2.75) is 45.2 Å². The van der Waals surface area contributed by atoms with Crippen LogP contribution in [0, 0.1) is 5.92 Å². The van der Waals surface area contributed by atoms with Crippen LogP contribution in [0.25, 0.3) is 0 Å². The molecular weight excluding hydrogens is 268 g/mol. The standard InChI is InChI=1S/C16H24N2OS/c1-12-5-3-4-6-15(12)18-16(20)17-11-13-7-9-14(19-2)10-8-13/h7-10,12,15H,3-6,11H2,1-2H3,(H2,17,18,20)/t12-,15+/m1/s1. The number of thiocarbonyl (C=S) groups is 1. The number of methoxy groups -OCH3 is 1.